The van der Waals surface area contributed by atoms with Crippen molar-refractivity contribution >= 4 is 22.1 Å². The lowest BCUT2D eigenvalue weighted by atomic mass is 10.1. The van der Waals surface area contributed by atoms with Crippen LogP contribution in [0.15, 0.2) is 47.0 Å². The van der Waals surface area contributed by atoms with Crippen LogP contribution in [0.5, 0.6) is 5.88 Å². The van der Waals surface area contributed by atoms with E-state index >= 15 is 0 Å². The largest absolute Gasteiger partial charge is 0.481 e. The molecule has 2 aromatic rings. The summed E-state index contributed by atoms with van der Waals surface area (Å²) in [6.07, 6.45) is 4.92. The fourth-order valence-electron chi connectivity index (χ4n) is 2.20. The molecular formula is C20H27N3O4S. The maximum atomic E-state index is 12.5. The van der Waals surface area contributed by atoms with Crippen LogP contribution in [0.3, 0.4) is 0 Å². The van der Waals surface area contributed by atoms with Gasteiger partial charge < -0.3 is 10.1 Å². The zero-order valence-corrected chi connectivity index (χ0v) is 17.5. The molecule has 0 radical (unpaired) electrons. The Balaban J connectivity index is 0.000000892. The number of amides is 1. The molecule has 1 atom stereocenters. The third-order valence-electron chi connectivity index (χ3n) is 3.91. The highest BCUT2D eigenvalue weighted by molar-refractivity contribution is 7.61. The molecule has 0 bridgehead atoms. The van der Waals surface area contributed by atoms with Crippen LogP contribution in [-0.4, -0.2) is 26.4 Å². The molecule has 1 amide bonds. The summed E-state index contributed by atoms with van der Waals surface area (Å²) in [7, 11) is -1.10. The average molecular weight is 406 g/mol. The standard InChI is InChI=1S/C16H17N3O4S.C4H10/c1-3-13(11-8-9-15(23-2)17-10-11)18-16(20)12-6-4-5-7-14(12)19-24(21)22;1-3-4-2/h4-10,13H,3H2,1-2H3,(H,18,20);3-4H2,1-2H3. The van der Waals surface area contributed by atoms with Crippen LogP contribution in [0.4, 0.5) is 5.69 Å². The number of hydrogen-bond donors (Lipinski definition) is 1. The van der Waals surface area contributed by atoms with Gasteiger partial charge in [0.2, 0.25) is 5.88 Å². The average Bonchev–Trinajstić information content (AvgIpc) is 2.72. The van der Waals surface area contributed by atoms with Gasteiger partial charge in [0.05, 0.1) is 24.4 Å². The van der Waals surface area contributed by atoms with Crippen molar-refractivity contribution in [3.05, 3.63) is 53.7 Å². The molecule has 0 spiro atoms. The lowest BCUT2D eigenvalue weighted by Gasteiger charge is -2.17. The molecular weight excluding hydrogens is 378 g/mol. The van der Waals surface area contributed by atoms with Crippen LogP contribution in [0, 0.1) is 0 Å². The Labute approximate surface area is 167 Å². The molecule has 7 nitrogen and oxygen atoms in total. The van der Waals surface area contributed by atoms with Crippen LogP contribution < -0.4 is 10.1 Å². The molecule has 8 heteroatoms. The number of aromatic nitrogens is 1. The first-order valence-electron chi connectivity index (χ1n) is 9.17. The van der Waals surface area contributed by atoms with Crippen LogP contribution in [0.25, 0.3) is 0 Å². The van der Waals surface area contributed by atoms with Gasteiger partial charge in [-0.3, -0.25) is 4.79 Å². The molecule has 152 valence electrons. The first-order valence-corrected chi connectivity index (χ1v) is 10.2. The number of carbonyl (C=O) groups is 1. The van der Waals surface area contributed by atoms with Gasteiger partial charge in [0.25, 0.3) is 5.91 Å². The monoisotopic (exact) mass is 405 g/mol. The van der Waals surface area contributed by atoms with E-state index in [2.05, 4.69) is 28.5 Å². The summed E-state index contributed by atoms with van der Waals surface area (Å²) in [5.41, 5.74) is 1.13. The molecule has 1 unspecified atom stereocenters. The lowest BCUT2D eigenvalue weighted by Crippen LogP contribution is -2.28. The Bertz CT molecular complexity index is 871. The second-order valence-electron chi connectivity index (χ2n) is 5.89. The molecule has 1 heterocycles. The van der Waals surface area contributed by atoms with E-state index in [0.717, 1.165) is 5.56 Å². The van der Waals surface area contributed by atoms with E-state index in [-0.39, 0.29) is 17.3 Å². The lowest BCUT2D eigenvalue weighted by molar-refractivity contribution is 0.0936. The van der Waals surface area contributed by atoms with Crippen LogP contribution >= 0.6 is 0 Å². The van der Waals surface area contributed by atoms with Crippen LogP contribution in [-0.2, 0) is 10.5 Å². The van der Waals surface area contributed by atoms with Gasteiger partial charge in [-0.15, -0.1) is 4.36 Å². The third kappa shape index (κ3) is 7.48. The van der Waals surface area contributed by atoms with Gasteiger partial charge >= 0.3 is 10.5 Å². The van der Waals surface area contributed by atoms with Crippen molar-refractivity contribution in [1.82, 2.24) is 10.3 Å². The number of nitrogens with one attached hydrogen (secondary N) is 1. The molecule has 2 rings (SSSR count). The van der Waals surface area contributed by atoms with E-state index in [1.54, 1.807) is 24.4 Å². The van der Waals surface area contributed by atoms with Gasteiger partial charge in [-0.2, -0.15) is 8.42 Å². The summed E-state index contributed by atoms with van der Waals surface area (Å²) in [5, 5.41) is 2.87. The van der Waals surface area contributed by atoms with Gasteiger partial charge in [-0.25, -0.2) is 4.98 Å². The molecule has 28 heavy (non-hydrogen) atoms. The smallest absolute Gasteiger partial charge is 0.316 e. The minimum atomic E-state index is -2.63. The Morgan fingerprint density at radius 3 is 2.32 bits per heavy atom. The summed E-state index contributed by atoms with van der Waals surface area (Å²) in [6, 6.07) is 9.55. The Hall–Kier alpha value is -2.74. The van der Waals surface area contributed by atoms with E-state index in [1.165, 1.54) is 32.1 Å². The molecule has 0 fully saturated rings. The maximum absolute atomic E-state index is 12.5. The highest BCUT2D eigenvalue weighted by Gasteiger charge is 2.17. The van der Waals surface area contributed by atoms with Crippen molar-refractivity contribution in [1.29, 1.82) is 0 Å². The number of methoxy groups -OCH3 is 1. The van der Waals surface area contributed by atoms with Crippen molar-refractivity contribution in [3.63, 3.8) is 0 Å². The molecule has 1 N–H and O–H groups in total. The van der Waals surface area contributed by atoms with E-state index in [0.29, 0.717) is 12.3 Å². The van der Waals surface area contributed by atoms with E-state index in [1.807, 2.05) is 13.0 Å². The fraction of sp³-hybridized carbons (Fsp3) is 0.400. The predicted molar refractivity (Wildman–Crippen MR) is 109 cm³/mol. The molecule has 0 aliphatic rings. The van der Waals surface area contributed by atoms with Crippen LogP contribution in [0.1, 0.15) is 62.0 Å². The summed E-state index contributed by atoms with van der Waals surface area (Å²) in [4.78, 5) is 16.6. The topological polar surface area (TPSA) is 97.7 Å². The van der Waals surface area contributed by atoms with Gasteiger partial charge in [0.1, 0.15) is 0 Å². The number of unbranched alkanes of at least 4 members (excludes halogenated alkanes) is 1. The first kappa shape index (κ1) is 23.3. The molecule has 0 saturated heterocycles. The normalized spacial score (nSPS) is 10.9. The SMILES string of the molecule is CCC(NC(=O)c1ccccc1N=S(=O)=O)c1ccc(OC)nc1.CCCC. The quantitative estimate of drug-likeness (QED) is 0.733. The van der Waals surface area contributed by atoms with Crippen molar-refractivity contribution in [2.75, 3.05) is 7.11 Å². The highest BCUT2D eigenvalue weighted by Crippen LogP contribution is 2.22. The van der Waals surface area contributed by atoms with Gasteiger partial charge in [0, 0.05) is 12.3 Å². The summed E-state index contributed by atoms with van der Waals surface area (Å²) < 4.78 is 30.0. The minimum absolute atomic E-state index is 0.103. The minimum Gasteiger partial charge on any atom is -0.481 e. The first-order chi connectivity index (χ1) is 13.5. The number of pyridine rings is 1. The number of rotatable bonds is 7. The van der Waals surface area contributed by atoms with E-state index in [4.69, 9.17) is 4.74 Å². The number of ether oxygens (including phenoxy) is 1. The van der Waals surface area contributed by atoms with Crippen LogP contribution in [0.2, 0.25) is 0 Å². The summed E-state index contributed by atoms with van der Waals surface area (Å²) in [5.74, 6) is 0.0875. The molecule has 0 saturated carbocycles. The van der Waals surface area contributed by atoms with Crippen molar-refractivity contribution < 1.29 is 17.9 Å². The number of benzene rings is 1. The molecule has 1 aromatic heterocycles. The molecule has 0 aliphatic heterocycles. The van der Waals surface area contributed by atoms with E-state index < -0.39 is 16.4 Å². The maximum Gasteiger partial charge on any atom is 0.316 e. The summed E-state index contributed by atoms with van der Waals surface area (Å²) >= 11 is 0. The fourth-order valence-corrected chi connectivity index (χ4v) is 2.52. The number of carbonyl (C=O) groups excluding carboxylic acids is 1. The predicted octanol–water partition coefficient (Wildman–Crippen LogP) is 4.47. The Morgan fingerprint density at radius 1 is 1.14 bits per heavy atom. The molecule has 0 aliphatic carbocycles. The zero-order chi connectivity index (χ0) is 20.9. The van der Waals surface area contributed by atoms with E-state index in [9.17, 15) is 13.2 Å². The Kier molecular flexibility index (Phi) is 10.5. The molecule has 1 aromatic carbocycles. The number of hydrogen-bond acceptors (Lipinski definition) is 6. The third-order valence-corrected chi connectivity index (χ3v) is 4.25. The zero-order valence-electron chi connectivity index (χ0n) is 16.7. The Morgan fingerprint density at radius 2 is 1.82 bits per heavy atom. The summed E-state index contributed by atoms with van der Waals surface area (Å²) in [6.45, 7) is 6.29. The van der Waals surface area contributed by atoms with Crippen molar-refractivity contribution in [3.8, 4) is 5.88 Å². The van der Waals surface area contributed by atoms with Crippen molar-refractivity contribution in [2.24, 2.45) is 4.36 Å². The van der Waals surface area contributed by atoms with Crippen molar-refractivity contribution in [2.45, 2.75) is 46.1 Å². The number of nitrogens with zero attached hydrogens (tertiary/aromatic N) is 2. The van der Waals surface area contributed by atoms with Gasteiger partial charge in [-0.1, -0.05) is 51.8 Å². The second kappa shape index (κ2) is 12.6. The van der Waals surface area contributed by atoms with Gasteiger partial charge in [0.15, 0.2) is 0 Å². The highest BCUT2D eigenvalue weighted by atomic mass is 32.2. The second-order valence-corrected chi connectivity index (χ2v) is 6.51. The van der Waals surface area contributed by atoms with Gasteiger partial charge in [-0.05, 0) is 24.1 Å².